The van der Waals surface area contributed by atoms with Gasteiger partial charge in [0.25, 0.3) is 11.5 Å². The number of amides is 1. The third kappa shape index (κ3) is 4.02. The average Bonchev–Trinajstić information content (AvgIpc) is 3.51. The van der Waals surface area contributed by atoms with Crippen LogP contribution in [0.5, 0.6) is 11.5 Å². The first kappa shape index (κ1) is 23.0. The minimum Gasteiger partial charge on any atom is -0.451 e. The van der Waals surface area contributed by atoms with Crippen LogP contribution >= 0.6 is 0 Å². The Kier molecular flexibility index (Phi) is 5.85. The maximum absolute atomic E-state index is 13.9. The average molecular weight is 490 g/mol. The van der Waals surface area contributed by atoms with Crippen molar-refractivity contribution >= 4 is 22.6 Å². The normalized spacial score (nSPS) is 15.1. The molecule has 1 aliphatic heterocycles. The van der Waals surface area contributed by atoms with Crippen molar-refractivity contribution in [2.24, 2.45) is 0 Å². The number of H-pyrrole nitrogens is 1. The zero-order valence-electron chi connectivity index (χ0n) is 19.1. The Morgan fingerprint density at radius 3 is 2.61 bits per heavy atom. The molecule has 1 unspecified atom stereocenters. The number of carbonyl (C=O) groups excluding carboxylic acids is 1. The van der Waals surface area contributed by atoms with E-state index in [1.54, 1.807) is 28.6 Å². The van der Waals surface area contributed by atoms with Crippen molar-refractivity contribution in [2.75, 3.05) is 18.8 Å². The van der Waals surface area contributed by atoms with Crippen LogP contribution < -0.4 is 16.0 Å². The molecule has 0 saturated carbocycles. The number of ether oxygens (including phenoxy) is 1. The second-order valence-corrected chi connectivity index (χ2v) is 8.20. The SMILES string of the molecule is CC#CC(=O)N1CCC(n2nc(-c3ccc(Oc4c(F)cccc4F)cc3)c3c(N)n[nH]c(=O)c32)C1. The van der Waals surface area contributed by atoms with Crippen LogP contribution in [0.1, 0.15) is 19.4 Å². The van der Waals surface area contributed by atoms with Gasteiger partial charge in [0, 0.05) is 18.7 Å². The lowest BCUT2D eigenvalue weighted by Crippen LogP contribution is -2.28. The van der Waals surface area contributed by atoms with Crippen LogP contribution in [-0.2, 0) is 4.79 Å². The molecule has 0 spiro atoms. The third-order valence-electron chi connectivity index (χ3n) is 5.95. The molecule has 3 N–H and O–H groups in total. The molecule has 2 aromatic heterocycles. The first-order valence-corrected chi connectivity index (χ1v) is 11.1. The quantitative estimate of drug-likeness (QED) is 0.424. The van der Waals surface area contributed by atoms with Gasteiger partial charge in [-0.25, -0.2) is 13.9 Å². The fraction of sp³-hybridized carbons (Fsp3) is 0.200. The van der Waals surface area contributed by atoms with Gasteiger partial charge in [0.1, 0.15) is 17.0 Å². The number of fused-ring (bicyclic) bond motifs is 1. The van der Waals surface area contributed by atoms with Gasteiger partial charge >= 0.3 is 0 Å². The minimum absolute atomic E-state index is 0.0855. The summed E-state index contributed by atoms with van der Waals surface area (Å²) in [7, 11) is 0. The molecule has 0 bridgehead atoms. The predicted octanol–water partition coefficient (Wildman–Crippen LogP) is 3.24. The molecule has 1 fully saturated rings. The standard InChI is InChI=1S/C25H20F2N6O3/c1-2-4-19(34)32-12-11-15(13-32)33-22-20(24(28)29-30-25(22)35)21(31-33)14-7-9-16(10-8-14)36-23-17(26)5-3-6-18(23)27/h3,5-10,15H,11-13H2,1H3,(H2,28,29)(H,30,35). The second-order valence-electron chi connectivity index (χ2n) is 8.20. The van der Waals surface area contributed by atoms with E-state index in [-0.39, 0.29) is 29.0 Å². The predicted molar refractivity (Wildman–Crippen MR) is 128 cm³/mol. The molecule has 5 rings (SSSR count). The first-order chi connectivity index (χ1) is 17.4. The Labute approximate surface area is 203 Å². The molecular formula is C25H20F2N6O3. The highest BCUT2D eigenvalue weighted by Gasteiger charge is 2.31. The second kappa shape index (κ2) is 9.14. The molecule has 1 atom stereocenters. The molecule has 0 radical (unpaired) electrons. The van der Waals surface area contributed by atoms with Gasteiger partial charge in [0.05, 0.1) is 11.4 Å². The fourth-order valence-corrected chi connectivity index (χ4v) is 4.27. The number of halogens is 2. The van der Waals surface area contributed by atoms with Gasteiger partial charge in [0.15, 0.2) is 23.2 Å². The van der Waals surface area contributed by atoms with E-state index in [1.807, 2.05) is 0 Å². The highest BCUT2D eigenvalue weighted by atomic mass is 19.1. The molecule has 11 heteroatoms. The zero-order chi connectivity index (χ0) is 25.4. The van der Waals surface area contributed by atoms with Crippen molar-refractivity contribution in [2.45, 2.75) is 19.4 Å². The van der Waals surface area contributed by atoms with Gasteiger partial charge in [0.2, 0.25) is 0 Å². The molecule has 1 amide bonds. The number of nitrogens with one attached hydrogen (secondary N) is 1. The van der Waals surface area contributed by atoms with Gasteiger partial charge in [-0.3, -0.25) is 14.3 Å². The molecule has 1 aliphatic rings. The highest BCUT2D eigenvalue weighted by molar-refractivity contribution is 5.99. The Morgan fingerprint density at radius 1 is 1.19 bits per heavy atom. The summed E-state index contributed by atoms with van der Waals surface area (Å²) in [6.45, 7) is 2.41. The van der Waals surface area contributed by atoms with Crippen molar-refractivity contribution < 1.29 is 18.3 Å². The van der Waals surface area contributed by atoms with Gasteiger partial charge in [-0.15, -0.1) is 0 Å². The number of nitrogen functional groups attached to an aromatic ring is 1. The lowest BCUT2D eigenvalue weighted by atomic mass is 10.1. The molecule has 9 nitrogen and oxygen atoms in total. The number of hydrogen-bond acceptors (Lipinski definition) is 6. The first-order valence-electron chi connectivity index (χ1n) is 11.1. The number of nitrogens with zero attached hydrogens (tertiary/aromatic N) is 4. The number of rotatable bonds is 4. The summed E-state index contributed by atoms with van der Waals surface area (Å²) in [5.74, 6) is 2.98. The summed E-state index contributed by atoms with van der Waals surface area (Å²) in [5.41, 5.74) is 6.90. The van der Waals surface area contributed by atoms with Crippen LogP contribution in [0.25, 0.3) is 22.2 Å². The number of benzene rings is 2. The topological polar surface area (TPSA) is 119 Å². The maximum atomic E-state index is 13.9. The Balaban J connectivity index is 1.52. The number of aromatic amines is 1. The van der Waals surface area contributed by atoms with Crippen molar-refractivity contribution in [1.82, 2.24) is 24.9 Å². The number of nitrogens with two attached hydrogens (primary N) is 1. The number of hydrogen-bond donors (Lipinski definition) is 2. The maximum Gasteiger partial charge on any atom is 0.298 e. The molecule has 4 aromatic rings. The van der Waals surface area contributed by atoms with Gasteiger partial charge in [-0.1, -0.05) is 12.0 Å². The smallest absolute Gasteiger partial charge is 0.298 e. The van der Waals surface area contributed by atoms with Gasteiger partial charge < -0.3 is 15.4 Å². The van der Waals surface area contributed by atoms with E-state index in [2.05, 4.69) is 27.1 Å². The van der Waals surface area contributed by atoms with E-state index < -0.39 is 22.9 Å². The Hall–Kier alpha value is -4.72. The Morgan fingerprint density at radius 2 is 1.92 bits per heavy atom. The van der Waals surface area contributed by atoms with E-state index in [9.17, 15) is 18.4 Å². The van der Waals surface area contributed by atoms with Crippen LogP contribution in [0.2, 0.25) is 0 Å². The number of carbonyl (C=O) groups is 1. The zero-order valence-corrected chi connectivity index (χ0v) is 19.1. The van der Waals surface area contributed by atoms with Crippen molar-refractivity contribution in [3.8, 4) is 34.6 Å². The summed E-state index contributed by atoms with van der Waals surface area (Å²) in [5, 5.41) is 11.3. The van der Waals surface area contributed by atoms with Crippen LogP contribution in [0.4, 0.5) is 14.6 Å². The minimum atomic E-state index is -0.823. The van der Waals surface area contributed by atoms with Crippen molar-refractivity contribution in [1.29, 1.82) is 0 Å². The molecule has 1 saturated heterocycles. The number of para-hydroxylation sites is 1. The fourth-order valence-electron chi connectivity index (χ4n) is 4.27. The largest absolute Gasteiger partial charge is 0.451 e. The van der Waals surface area contributed by atoms with Crippen molar-refractivity contribution in [3.63, 3.8) is 0 Å². The number of likely N-dealkylation sites (tertiary alicyclic amines) is 1. The molecule has 182 valence electrons. The lowest BCUT2D eigenvalue weighted by molar-refractivity contribution is -0.124. The summed E-state index contributed by atoms with van der Waals surface area (Å²) in [4.78, 5) is 26.6. The van der Waals surface area contributed by atoms with Crippen LogP contribution in [0.15, 0.2) is 47.3 Å². The summed E-state index contributed by atoms with van der Waals surface area (Å²) in [6, 6.07) is 9.53. The van der Waals surface area contributed by atoms with Crippen LogP contribution in [0, 0.1) is 23.5 Å². The summed E-state index contributed by atoms with van der Waals surface area (Å²) < 4.78 is 34.9. The third-order valence-corrected chi connectivity index (χ3v) is 5.95. The number of anilines is 1. The molecule has 3 heterocycles. The van der Waals surface area contributed by atoms with E-state index in [4.69, 9.17) is 10.5 Å². The van der Waals surface area contributed by atoms with Crippen LogP contribution in [0.3, 0.4) is 0 Å². The lowest BCUT2D eigenvalue weighted by Gasteiger charge is -2.14. The van der Waals surface area contributed by atoms with E-state index in [1.165, 1.54) is 18.2 Å². The van der Waals surface area contributed by atoms with E-state index >= 15 is 0 Å². The van der Waals surface area contributed by atoms with E-state index in [0.717, 1.165) is 12.1 Å². The number of aromatic nitrogens is 4. The summed E-state index contributed by atoms with van der Waals surface area (Å²) in [6.07, 6.45) is 0.579. The Bertz CT molecular complexity index is 1580. The molecule has 2 aromatic carbocycles. The van der Waals surface area contributed by atoms with E-state index in [0.29, 0.717) is 36.2 Å². The van der Waals surface area contributed by atoms with Crippen LogP contribution in [-0.4, -0.2) is 43.9 Å². The molecule has 36 heavy (non-hydrogen) atoms. The van der Waals surface area contributed by atoms with Gasteiger partial charge in [-0.05, 0) is 55.7 Å². The monoisotopic (exact) mass is 490 g/mol. The highest BCUT2D eigenvalue weighted by Crippen LogP contribution is 2.35. The molecular weight excluding hydrogens is 470 g/mol. The molecule has 0 aliphatic carbocycles. The van der Waals surface area contributed by atoms with Gasteiger partial charge in [-0.2, -0.15) is 10.2 Å². The summed E-state index contributed by atoms with van der Waals surface area (Å²) >= 11 is 0. The van der Waals surface area contributed by atoms with Crippen molar-refractivity contribution in [3.05, 3.63) is 64.5 Å².